The highest BCUT2D eigenvalue weighted by Crippen LogP contribution is 2.27. The van der Waals surface area contributed by atoms with E-state index in [4.69, 9.17) is 9.47 Å². The predicted octanol–water partition coefficient (Wildman–Crippen LogP) is 4.54. The third-order valence-corrected chi connectivity index (χ3v) is 3.86. The molecule has 1 aliphatic rings. The summed E-state index contributed by atoms with van der Waals surface area (Å²) in [6, 6.07) is 18.6. The number of ether oxygens (including phenoxy) is 2. The molecule has 22 heavy (non-hydrogen) atoms. The van der Waals surface area contributed by atoms with Gasteiger partial charge < -0.3 is 9.47 Å². The molecular formula is C20H22O2. The molecule has 114 valence electrons. The van der Waals surface area contributed by atoms with Crippen molar-refractivity contribution in [3.63, 3.8) is 0 Å². The summed E-state index contributed by atoms with van der Waals surface area (Å²) in [7, 11) is 0. The van der Waals surface area contributed by atoms with E-state index in [9.17, 15) is 0 Å². The maximum absolute atomic E-state index is 6.04. The monoisotopic (exact) mass is 294 g/mol. The molecule has 2 aromatic carbocycles. The molecule has 0 radical (unpaired) electrons. The van der Waals surface area contributed by atoms with E-state index in [2.05, 4.69) is 43.3 Å². The number of aryl methyl sites for hydroxylation is 1. The van der Waals surface area contributed by atoms with Crippen molar-refractivity contribution in [2.75, 3.05) is 6.61 Å². The molecule has 0 saturated carbocycles. The second kappa shape index (κ2) is 7.28. The molecule has 1 atom stereocenters. The number of hydrogen-bond donors (Lipinski definition) is 0. The van der Waals surface area contributed by atoms with E-state index < -0.39 is 0 Å². The second-order valence-corrected chi connectivity index (χ2v) is 5.79. The van der Waals surface area contributed by atoms with Gasteiger partial charge in [0, 0.05) is 0 Å². The van der Waals surface area contributed by atoms with Gasteiger partial charge in [-0.05, 0) is 48.6 Å². The standard InChI is InChI=1S/C20H22O2/c1-16(14-21-15-17-7-3-2-4-8-17)13-19-12-11-18-9-5-6-10-20(18)22-19/h2-10,13,19H,11-12,14-15H2,1H3/b16-13+. The molecule has 0 bridgehead atoms. The van der Waals surface area contributed by atoms with Crippen molar-refractivity contribution in [1.82, 2.24) is 0 Å². The van der Waals surface area contributed by atoms with Gasteiger partial charge in [-0.2, -0.15) is 0 Å². The van der Waals surface area contributed by atoms with E-state index in [1.165, 1.54) is 16.7 Å². The number of rotatable bonds is 5. The van der Waals surface area contributed by atoms with Crippen LogP contribution in [0, 0.1) is 0 Å². The van der Waals surface area contributed by atoms with Crippen LogP contribution >= 0.6 is 0 Å². The Bertz CT molecular complexity index is 631. The van der Waals surface area contributed by atoms with Gasteiger partial charge in [0.15, 0.2) is 0 Å². The first kappa shape index (κ1) is 14.9. The Hall–Kier alpha value is -2.06. The number of fused-ring (bicyclic) bond motifs is 1. The van der Waals surface area contributed by atoms with Crippen LogP contribution in [-0.4, -0.2) is 12.7 Å². The SMILES string of the molecule is C/C(=C\C1CCc2ccccc2O1)COCc1ccccc1. The Morgan fingerprint density at radius 2 is 1.91 bits per heavy atom. The lowest BCUT2D eigenvalue weighted by molar-refractivity contribution is 0.140. The highest BCUT2D eigenvalue weighted by atomic mass is 16.5. The van der Waals surface area contributed by atoms with Gasteiger partial charge in [-0.1, -0.05) is 48.5 Å². The highest BCUT2D eigenvalue weighted by Gasteiger charge is 2.17. The zero-order chi connectivity index (χ0) is 15.2. The maximum atomic E-state index is 6.04. The minimum Gasteiger partial charge on any atom is -0.486 e. The average molecular weight is 294 g/mol. The lowest BCUT2D eigenvalue weighted by Gasteiger charge is -2.24. The number of hydrogen-bond acceptors (Lipinski definition) is 2. The number of para-hydroxylation sites is 1. The lowest BCUT2D eigenvalue weighted by atomic mass is 10.0. The summed E-state index contributed by atoms with van der Waals surface area (Å²) in [4.78, 5) is 0. The van der Waals surface area contributed by atoms with Gasteiger partial charge in [0.2, 0.25) is 0 Å². The van der Waals surface area contributed by atoms with E-state index in [0.717, 1.165) is 18.6 Å². The highest BCUT2D eigenvalue weighted by molar-refractivity contribution is 5.35. The minimum absolute atomic E-state index is 0.162. The van der Waals surface area contributed by atoms with Crippen LogP contribution in [0.4, 0.5) is 0 Å². The fraction of sp³-hybridized carbons (Fsp3) is 0.300. The van der Waals surface area contributed by atoms with Gasteiger partial charge in [0.1, 0.15) is 11.9 Å². The Kier molecular flexibility index (Phi) is 4.92. The summed E-state index contributed by atoms with van der Waals surface area (Å²) in [5, 5.41) is 0. The van der Waals surface area contributed by atoms with Crippen LogP contribution in [0.25, 0.3) is 0 Å². The summed E-state index contributed by atoms with van der Waals surface area (Å²) >= 11 is 0. The van der Waals surface area contributed by atoms with E-state index in [0.29, 0.717) is 13.2 Å². The molecule has 2 nitrogen and oxygen atoms in total. The zero-order valence-electron chi connectivity index (χ0n) is 13.0. The van der Waals surface area contributed by atoms with E-state index >= 15 is 0 Å². The third-order valence-electron chi connectivity index (χ3n) is 3.86. The molecule has 0 spiro atoms. The van der Waals surface area contributed by atoms with Crippen molar-refractivity contribution in [1.29, 1.82) is 0 Å². The summed E-state index contributed by atoms with van der Waals surface area (Å²) in [6.45, 7) is 3.41. The minimum atomic E-state index is 0.162. The van der Waals surface area contributed by atoms with Crippen LogP contribution < -0.4 is 4.74 Å². The van der Waals surface area contributed by atoms with Crippen LogP contribution in [0.2, 0.25) is 0 Å². The van der Waals surface area contributed by atoms with Gasteiger partial charge >= 0.3 is 0 Å². The summed E-state index contributed by atoms with van der Waals surface area (Å²) < 4.78 is 11.8. The van der Waals surface area contributed by atoms with Crippen LogP contribution in [0.3, 0.4) is 0 Å². The number of benzene rings is 2. The molecule has 0 aliphatic carbocycles. The zero-order valence-corrected chi connectivity index (χ0v) is 13.0. The molecule has 0 fully saturated rings. The Labute approximate surface area is 132 Å². The maximum Gasteiger partial charge on any atom is 0.123 e. The van der Waals surface area contributed by atoms with E-state index in [-0.39, 0.29) is 6.10 Å². The topological polar surface area (TPSA) is 18.5 Å². The van der Waals surface area contributed by atoms with Gasteiger partial charge in [0.25, 0.3) is 0 Å². The first-order valence-electron chi connectivity index (χ1n) is 7.85. The lowest BCUT2D eigenvalue weighted by Crippen LogP contribution is -2.21. The third kappa shape index (κ3) is 3.99. The quantitative estimate of drug-likeness (QED) is 0.754. The normalized spacial score (nSPS) is 17.7. The molecule has 0 aromatic heterocycles. The Balaban J connectivity index is 1.50. The average Bonchev–Trinajstić information content (AvgIpc) is 2.56. The molecule has 2 aromatic rings. The van der Waals surface area contributed by atoms with Crippen molar-refractivity contribution in [2.45, 2.75) is 32.5 Å². The molecule has 3 rings (SSSR count). The fourth-order valence-corrected chi connectivity index (χ4v) is 2.73. The molecule has 1 aliphatic heterocycles. The molecule has 2 heteroatoms. The Morgan fingerprint density at radius 3 is 2.77 bits per heavy atom. The predicted molar refractivity (Wildman–Crippen MR) is 89.0 cm³/mol. The largest absolute Gasteiger partial charge is 0.486 e. The molecule has 0 amide bonds. The van der Waals surface area contributed by atoms with E-state index in [1.807, 2.05) is 24.3 Å². The van der Waals surface area contributed by atoms with Gasteiger partial charge in [0.05, 0.1) is 13.2 Å². The summed E-state index contributed by atoms with van der Waals surface area (Å²) in [5.74, 6) is 1.02. The summed E-state index contributed by atoms with van der Waals surface area (Å²) in [5.41, 5.74) is 3.74. The molecule has 1 heterocycles. The first-order chi connectivity index (χ1) is 10.8. The van der Waals surface area contributed by atoms with Crippen LogP contribution in [0.15, 0.2) is 66.2 Å². The van der Waals surface area contributed by atoms with E-state index in [1.54, 1.807) is 0 Å². The molecule has 0 saturated heterocycles. The van der Waals surface area contributed by atoms with Crippen molar-refractivity contribution in [3.8, 4) is 5.75 Å². The summed E-state index contributed by atoms with van der Waals surface area (Å²) in [6.07, 6.45) is 4.47. The van der Waals surface area contributed by atoms with Crippen molar-refractivity contribution in [3.05, 3.63) is 77.4 Å². The second-order valence-electron chi connectivity index (χ2n) is 5.79. The van der Waals surface area contributed by atoms with Crippen LogP contribution in [0.5, 0.6) is 5.75 Å². The van der Waals surface area contributed by atoms with Crippen molar-refractivity contribution < 1.29 is 9.47 Å². The van der Waals surface area contributed by atoms with Gasteiger partial charge in [-0.3, -0.25) is 0 Å². The molecular weight excluding hydrogens is 272 g/mol. The van der Waals surface area contributed by atoms with Gasteiger partial charge in [-0.15, -0.1) is 0 Å². The van der Waals surface area contributed by atoms with Crippen LogP contribution in [0.1, 0.15) is 24.5 Å². The first-order valence-corrected chi connectivity index (χ1v) is 7.85. The van der Waals surface area contributed by atoms with Gasteiger partial charge in [-0.25, -0.2) is 0 Å². The van der Waals surface area contributed by atoms with Crippen molar-refractivity contribution in [2.24, 2.45) is 0 Å². The molecule has 0 N–H and O–H groups in total. The Morgan fingerprint density at radius 1 is 1.14 bits per heavy atom. The fourth-order valence-electron chi connectivity index (χ4n) is 2.73. The van der Waals surface area contributed by atoms with Crippen molar-refractivity contribution >= 4 is 0 Å². The molecule has 1 unspecified atom stereocenters. The smallest absolute Gasteiger partial charge is 0.123 e. The van der Waals surface area contributed by atoms with Crippen LogP contribution in [-0.2, 0) is 17.8 Å².